The Balaban J connectivity index is 1.90. The van der Waals surface area contributed by atoms with E-state index < -0.39 is 0 Å². The molecular formula is C24H28N2O2. The molecular weight excluding hydrogens is 348 g/mol. The summed E-state index contributed by atoms with van der Waals surface area (Å²) in [5, 5.41) is 10.6. The summed E-state index contributed by atoms with van der Waals surface area (Å²) < 4.78 is 6.03. The molecule has 0 amide bonds. The van der Waals surface area contributed by atoms with Gasteiger partial charge in [-0.25, -0.2) is 4.98 Å². The maximum absolute atomic E-state index is 10.6. The average Bonchev–Trinajstić information content (AvgIpc) is 2.62. The smallest absolute Gasteiger partial charge is 0.221 e. The Morgan fingerprint density at radius 2 is 1.61 bits per heavy atom. The van der Waals surface area contributed by atoms with Gasteiger partial charge in [-0.2, -0.15) is 4.98 Å². The molecule has 0 atom stereocenters. The lowest BCUT2D eigenvalue weighted by Gasteiger charge is -2.15. The van der Waals surface area contributed by atoms with Gasteiger partial charge in [-0.05, 0) is 61.9 Å². The molecule has 4 heteroatoms. The van der Waals surface area contributed by atoms with Crippen molar-refractivity contribution in [1.29, 1.82) is 0 Å². The van der Waals surface area contributed by atoms with Crippen LogP contribution in [-0.2, 0) is 6.61 Å². The van der Waals surface area contributed by atoms with Gasteiger partial charge in [0.25, 0.3) is 0 Å². The molecule has 3 rings (SSSR count). The largest absolute Gasteiger partial charge is 0.493 e. The average molecular weight is 377 g/mol. The van der Waals surface area contributed by atoms with Crippen LogP contribution in [0.25, 0.3) is 11.4 Å². The van der Waals surface area contributed by atoms with E-state index in [1.807, 2.05) is 45.9 Å². The third kappa shape index (κ3) is 4.01. The minimum atomic E-state index is -0.0252. The molecule has 1 heterocycles. The molecule has 0 aliphatic rings. The Morgan fingerprint density at radius 3 is 2.21 bits per heavy atom. The van der Waals surface area contributed by atoms with Crippen LogP contribution in [0.2, 0.25) is 0 Å². The Labute approximate surface area is 167 Å². The van der Waals surface area contributed by atoms with Crippen LogP contribution in [-0.4, -0.2) is 15.1 Å². The summed E-state index contributed by atoms with van der Waals surface area (Å²) in [6.45, 7) is 12.5. The molecule has 0 saturated carbocycles. The van der Waals surface area contributed by atoms with Crippen molar-refractivity contribution in [3.8, 4) is 23.0 Å². The van der Waals surface area contributed by atoms with Crippen LogP contribution in [0.4, 0.5) is 0 Å². The van der Waals surface area contributed by atoms with E-state index in [1.54, 1.807) is 0 Å². The normalized spacial score (nSPS) is 11.1. The number of aromatic nitrogens is 2. The molecule has 0 bridgehead atoms. The van der Waals surface area contributed by atoms with Gasteiger partial charge in [0.1, 0.15) is 12.4 Å². The van der Waals surface area contributed by atoms with Crippen molar-refractivity contribution in [2.45, 2.75) is 54.1 Å². The molecule has 4 nitrogen and oxygen atoms in total. The second-order valence-corrected chi connectivity index (χ2v) is 7.67. The fourth-order valence-corrected chi connectivity index (χ4v) is 3.31. The Bertz CT molecular complexity index is 966. The van der Waals surface area contributed by atoms with Gasteiger partial charge in [0.05, 0.1) is 11.3 Å². The number of hydrogen-bond acceptors (Lipinski definition) is 4. The summed E-state index contributed by atoms with van der Waals surface area (Å²) in [6.07, 6.45) is 0. The van der Waals surface area contributed by atoms with E-state index in [9.17, 15) is 5.11 Å². The highest BCUT2D eigenvalue weighted by atomic mass is 16.5. The molecule has 0 aliphatic carbocycles. The maximum Gasteiger partial charge on any atom is 0.221 e. The third-order valence-corrected chi connectivity index (χ3v) is 5.15. The minimum Gasteiger partial charge on any atom is -0.493 e. The summed E-state index contributed by atoms with van der Waals surface area (Å²) in [4.78, 5) is 9.03. The first-order valence-corrected chi connectivity index (χ1v) is 9.64. The number of benzene rings is 2. The first-order chi connectivity index (χ1) is 13.3. The van der Waals surface area contributed by atoms with Crippen molar-refractivity contribution in [2.75, 3.05) is 0 Å². The molecule has 2 aromatic carbocycles. The molecule has 146 valence electrons. The minimum absolute atomic E-state index is 0.0252. The summed E-state index contributed by atoms with van der Waals surface area (Å²) >= 11 is 0. The predicted octanol–water partition coefficient (Wildman–Crippen LogP) is 5.79. The van der Waals surface area contributed by atoms with Crippen molar-refractivity contribution < 1.29 is 9.84 Å². The predicted molar refractivity (Wildman–Crippen MR) is 113 cm³/mol. The quantitative estimate of drug-likeness (QED) is 0.613. The van der Waals surface area contributed by atoms with Crippen LogP contribution in [0, 0.1) is 27.7 Å². The molecule has 0 aliphatic heterocycles. The fourth-order valence-electron chi connectivity index (χ4n) is 3.31. The van der Waals surface area contributed by atoms with Gasteiger partial charge < -0.3 is 9.84 Å². The van der Waals surface area contributed by atoms with E-state index in [2.05, 4.69) is 42.0 Å². The molecule has 0 radical (unpaired) electrons. The number of aromatic hydroxyl groups is 1. The highest BCUT2D eigenvalue weighted by Gasteiger charge is 2.16. The van der Waals surface area contributed by atoms with Gasteiger partial charge in [-0.3, -0.25) is 0 Å². The van der Waals surface area contributed by atoms with Gasteiger partial charge in [-0.1, -0.05) is 44.2 Å². The van der Waals surface area contributed by atoms with Crippen LogP contribution < -0.4 is 4.74 Å². The van der Waals surface area contributed by atoms with E-state index in [4.69, 9.17) is 4.74 Å². The lowest BCUT2D eigenvalue weighted by atomic mass is 10.0. The van der Waals surface area contributed by atoms with Crippen LogP contribution in [0.15, 0.2) is 36.4 Å². The summed E-state index contributed by atoms with van der Waals surface area (Å²) in [6, 6.07) is 12.3. The van der Waals surface area contributed by atoms with Crippen LogP contribution in [0.1, 0.15) is 53.3 Å². The summed E-state index contributed by atoms with van der Waals surface area (Å²) in [5.41, 5.74) is 6.77. The molecule has 28 heavy (non-hydrogen) atoms. The zero-order valence-electron chi connectivity index (χ0n) is 17.5. The van der Waals surface area contributed by atoms with Crippen molar-refractivity contribution in [1.82, 2.24) is 9.97 Å². The van der Waals surface area contributed by atoms with Crippen molar-refractivity contribution in [3.05, 3.63) is 69.9 Å². The van der Waals surface area contributed by atoms with Gasteiger partial charge in [0.2, 0.25) is 5.88 Å². The standard InChI is InChI=1S/C24H28N2O2/c1-14(2)19-11-10-15(3)21(12-19)28-13-20-18(6)25-23(26-24(20)27)22-16(4)8-7-9-17(22)5/h7-12,14H,13H2,1-6H3,(H,25,26,27). The van der Waals surface area contributed by atoms with Crippen molar-refractivity contribution in [3.63, 3.8) is 0 Å². The van der Waals surface area contributed by atoms with Crippen molar-refractivity contribution >= 4 is 0 Å². The second kappa shape index (κ2) is 8.01. The number of aryl methyl sites for hydroxylation is 4. The molecule has 1 N–H and O–H groups in total. The Hall–Kier alpha value is -2.88. The molecule has 0 spiro atoms. The van der Waals surface area contributed by atoms with Crippen molar-refractivity contribution in [2.24, 2.45) is 0 Å². The number of rotatable bonds is 5. The summed E-state index contributed by atoms with van der Waals surface area (Å²) in [7, 11) is 0. The van der Waals surface area contributed by atoms with Crippen LogP contribution in [0.3, 0.4) is 0 Å². The molecule has 3 aromatic rings. The topological polar surface area (TPSA) is 55.2 Å². The Morgan fingerprint density at radius 1 is 0.929 bits per heavy atom. The van der Waals surface area contributed by atoms with E-state index >= 15 is 0 Å². The number of hydrogen-bond donors (Lipinski definition) is 1. The van der Waals surface area contributed by atoms with E-state index in [1.165, 1.54) is 5.56 Å². The lowest BCUT2D eigenvalue weighted by molar-refractivity contribution is 0.293. The molecule has 1 aromatic heterocycles. The lowest BCUT2D eigenvalue weighted by Crippen LogP contribution is -2.05. The summed E-state index contributed by atoms with van der Waals surface area (Å²) in [5.74, 6) is 1.78. The van der Waals surface area contributed by atoms with Gasteiger partial charge in [0, 0.05) is 5.56 Å². The maximum atomic E-state index is 10.6. The van der Waals surface area contributed by atoms with E-state index in [-0.39, 0.29) is 12.5 Å². The first kappa shape index (κ1) is 19.9. The van der Waals surface area contributed by atoms with Crippen LogP contribution >= 0.6 is 0 Å². The van der Waals surface area contributed by atoms with E-state index in [0.29, 0.717) is 17.3 Å². The molecule has 0 fully saturated rings. The molecule has 0 saturated heterocycles. The highest BCUT2D eigenvalue weighted by Crippen LogP contribution is 2.30. The van der Waals surface area contributed by atoms with Gasteiger partial charge in [0.15, 0.2) is 5.82 Å². The third-order valence-electron chi connectivity index (χ3n) is 5.15. The number of nitrogens with zero attached hydrogens (tertiary/aromatic N) is 2. The fraction of sp³-hybridized carbons (Fsp3) is 0.333. The monoisotopic (exact) mass is 376 g/mol. The first-order valence-electron chi connectivity index (χ1n) is 9.64. The zero-order valence-corrected chi connectivity index (χ0v) is 17.5. The zero-order chi connectivity index (χ0) is 20.4. The number of ether oxygens (including phenoxy) is 1. The Kier molecular flexibility index (Phi) is 5.68. The van der Waals surface area contributed by atoms with Gasteiger partial charge in [-0.15, -0.1) is 0 Å². The highest BCUT2D eigenvalue weighted by molar-refractivity contribution is 5.65. The van der Waals surface area contributed by atoms with Gasteiger partial charge >= 0.3 is 0 Å². The van der Waals surface area contributed by atoms with E-state index in [0.717, 1.165) is 33.7 Å². The second-order valence-electron chi connectivity index (χ2n) is 7.67. The van der Waals surface area contributed by atoms with Crippen LogP contribution in [0.5, 0.6) is 11.6 Å². The molecule has 0 unspecified atom stereocenters. The SMILES string of the molecule is Cc1ccc(C(C)C)cc1OCc1c(C)nc(-c2c(C)cccc2C)nc1O.